The van der Waals surface area contributed by atoms with Crippen LogP contribution in [0.25, 0.3) is 6.08 Å². The zero-order valence-electron chi connectivity index (χ0n) is 21.4. The third-order valence-electron chi connectivity index (χ3n) is 5.76. The van der Waals surface area contributed by atoms with Gasteiger partial charge in [-0.05, 0) is 85.6 Å². The van der Waals surface area contributed by atoms with Crippen molar-refractivity contribution in [2.24, 2.45) is 4.99 Å². The SMILES string of the molecule is CCCCN1C(=O)/C(=C\c2ccc(OCc3ccc(F)cc3)c(OCC)c2)SC1=Nc1ccc(C)cc1. The fourth-order valence-corrected chi connectivity index (χ4v) is 4.75. The molecular formula is C30H31FN2O3S. The highest BCUT2D eigenvalue weighted by molar-refractivity contribution is 8.18. The molecule has 1 saturated heterocycles. The number of carbonyl (C=O) groups is 1. The number of amides is 1. The number of carbonyl (C=O) groups excluding carboxylic acids is 1. The van der Waals surface area contributed by atoms with Crippen molar-refractivity contribution < 1.29 is 18.7 Å². The first kappa shape index (κ1) is 26.5. The van der Waals surface area contributed by atoms with Gasteiger partial charge in [0, 0.05) is 6.54 Å². The van der Waals surface area contributed by atoms with Crippen molar-refractivity contribution >= 4 is 34.6 Å². The molecule has 37 heavy (non-hydrogen) atoms. The number of nitrogens with zero attached hydrogens (tertiary/aromatic N) is 2. The lowest BCUT2D eigenvalue weighted by Gasteiger charge is -2.15. The first-order valence-corrected chi connectivity index (χ1v) is 13.3. The van der Waals surface area contributed by atoms with Crippen LogP contribution in [0.4, 0.5) is 10.1 Å². The molecule has 3 aromatic rings. The molecule has 1 heterocycles. The predicted octanol–water partition coefficient (Wildman–Crippen LogP) is 7.52. The maximum Gasteiger partial charge on any atom is 0.266 e. The third-order valence-corrected chi connectivity index (χ3v) is 6.76. The van der Waals surface area contributed by atoms with Gasteiger partial charge in [-0.15, -0.1) is 0 Å². The van der Waals surface area contributed by atoms with Crippen LogP contribution in [0.2, 0.25) is 0 Å². The molecule has 0 aromatic heterocycles. The summed E-state index contributed by atoms with van der Waals surface area (Å²) < 4.78 is 25.0. The van der Waals surface area contributed by atoms with Crippen molar-refractivity contribution in [3.8, 4) is 11.5 Å². The van der Waals surface area contributed by atoms with Crippen LogP contribution in [0.5, 0.6) is 11.5 Å². The van der Waals surface area contributed by atoms with Gasteiger partial charge in [-0.2, -0.15) is 0 Å². The van der Waals surface area contributed by atoms with Crippen molar-refractivity contribution in [1.82, 2.24) is 4.90 Å². The van der Waals surface area contributed by atoms with Crippen LogP contribution in [-0.4, -0.2) is 29.1 Å². The van der Waals surface area contributed by atoms with E-state index in [9.17, 15) is 9.18 Å². The lowest BCUT2D eigenvalue weighted by atomic mass is 10.1. The van der Waals surface area contributed by atoms with Gasteiger partial charge in [0.15, 0.2) is 16.7 Å². The van der Waals surface area contributed by atoms with Crippen molar-refractivity contribution in [2.45, 2.75) is 40.2 Å². The van der Waals surface area contributed by atoms with Crippen LogP contribution in [0.3, 0.4) is 0 Å². The highest BCUT2D eigenvalue weighted by atomic mass is 32.2. The Morgan fingerprint density at radius 2 is 1.73 bits per heavy atom. The lowest BCUT2D eigenvalue weighted by molar-refractivity contribution is -0.122. The zero-order valence-corrected chi connectivity index (χ0v) is 22.2. The third kappa shape index (κ3) is 7.01. The summed E-state index contributed by atoms with van der Waals surface area (Å²) in [6.45, 7) is 7.44. The molecule has 4 rings (SSSR count). The monoisotopic (exact) mass is 518 g/mol. The molecule has 0 radical (unpaired) electrons. The van der Waals surface area contributed by atoms with Gasteiger partial charge in [-0.1, -0.05) is 49.2 Å². The second kappa shape index (κ2) is 12.6. The van der Waals surface area contributed by atoms with Crippen molar-refractivity contribution in [1.29, 1.82) is 0 Å². The average Bonchev–Trinajstić information content (AvgIpc) is 3.18. The zero-order chi connectivity index (χ0) is 26.2. The summed E-state index contributed by atoms with van der Waals surface area (Å²) in [7, 11) is 0. The average molecular weight is 519 g/mol. The Bertz CT molecular complexity index is 1290. The van der Waals surface area contributed by atoms with E-state index in [1.807, 2.05) is 62.4 Å². The van der Waals surface area contributed by atoms with E-state index in [-0.39, 0.29) is 11.7 Å². The Morgan fingerprint density at radius 1 is 0.973 bits per heavy atom. The molecule has 0 saturated carbocycles. The summed E-state index contributed by atoms with van der Waals surface area (Å²) in [6.07, 6.45) is 3.76. The van der Waals surface area contributed by atoms with E-state index in [1.165, 1.54) is 23.9 Å². The van der Waals surface area contributed by atoms with Crippen LogP contribution in [0.1, 0.15) is 43.4 Å². The standard InChI is InChI=1S/C30H31FN2O3S/c1-4-6-17-33-29(34)28(37-30(33)32-25-14-7-21(3)8-15-25)19-23-11-16-26(27(18-23)35-5-2)36-20-22-9-12-24(31)13-10-22/h7-16,18-19H,4-6,17,20H2,1-3H3/b28-19+,32-30?. The number of rotatable bonds is 10. The number of aryl methyl sites for hydroxylation is 1. The molecule has 1 aliphatic heterocycles. The maximum absolute atomic E-state index is 13.3. The number of unbranched alkanes of at least 4 members (excludes halogenated alkanes) is 1. The van der Waals surface area contributed by atoms with Gasteiger partial charge in [-0.3, -0.25) is 9.69 Å². The summed E-state index contributed by atoms with van der Waals surface area (Å²) >= 11 is 1.39. The Balaban J connectivity index is 1.57. The Morgan fingerprint density at radius 3 is 2.43 bits per heavy atom. The number of amidine groups is 1. The molecule has 0 N–H and O–H groups in total. The van der Waals surface area contributed by atoms with Crippen molar-refractivity contribution in [2.75, 3.05) is 13.2 Å². The maximum atomic E-state index is 13.3. The number of halogens is 1. The second-order valence-corrected chi connectivity index (χ2v) is 9.71. The Kier molecular flexibility index (Phi) is 9.01. The van der Waals surface area contributed by atoms with E-state index >= 15 is 0 Å². The molecule has 0 spiro atoms. The molecule has 0 bridgehead atoms. The van der Waals surface area contributed by atoms with E-state index in [4.69, 9.17) is 14.5 Å². The first-order valence-electron chi connectivity index (χ1n) is 12.5. The number of aliphatic imine (C=N–C) groups is 1. The highest BCUT2D eigenvalue weighted by Crippen LogP contribution is 2.36. The molecule has 0 atom stereocenters. The minimum absolute atomic E-state index is 0.0427. The Hall–Kier alpha value is -3.58. The smallest absolute Gasteiger partial charge is 0.266 e. The van der Waals surface area contributed by atoms with E-state index < -0.39 is 0 Å². The van der Waals surface area contributed by atoms with Crippen LogP contribution in [0.15, 0.2) is 76.6 Å². The van der Waals surface area contributed by atoms with Gasteiger partial charge >= 0.3 is 0 Å². The fourth-order valence-electron chi connectivity index (χ4n) is 3.73. The summed E-state index contributed by atoms with van der Waals surface area (Å²) in [6, 6.07) is 19.8. The molecule has 7 heteroatoms. The van der Waals surface area contributed by atoms with Gasteiger partial charge < -0.3 is 9.47 Å². The predicted molar refractivity (Wildman–Crippen MR) is 149 cm³/mol. The first-order chi connectivity index (χ1) is 18.0. The van der Waals surface area contributed by atoms with Crippen molar-refractivity contribution in [3.63, 3.8) is 0 Å². The number of hydrogen-bond donors (Lipinski definition) is 0. The number of ether oxygens (including phenoxy) is 2. The highest BCUT2D eigenvalue weighted by Gasteiger charge is 2.33. The molecule has 1 aliphatic rings. The van der Waals surface area contributed by atoms with Gasteiger partial charge in [-0.25, -0.2) is 9.38 Å². The van der Waals surface area contributed by atoms with E-state index in [0.29, 0.717) is 41.3 Å². The molecule has 1 amide bonds. The van der Waals surface area contributed by atoms with Crippen LogP contribution < -0.4 is 9.47 Å². The Labute approximate surface area is 222 Å². The van der Waals surface area contributed by atoms with Gasteiger partial charge in [0.1, 0.15) is 12.4 Å². The van der Waals surface area contributed by atoms with Crippen LogP contribution in [0, 0.1) is 12.7 Å². The fraction of sp³-hybridized carbons (Fsp3) is 0.267. The summed E-state index contributed by atoms with van der Waals surface area (Å²) in [5.41, 5.74) is 3.68. The van der Waals surface area contributed by atoms with Gasteiger partial charge in [0.2, 0.25) is 0 Å². The van der Waals surface area contributed by atoms with Crippen LogP contribution in [-0.2, 0) is 11.4 Å². The van der Waals surface area contributed by atoms with Crippen LogP contribution >= 0.6 is 11.8 Å². The van der Waals surface area contributed by atoms with Crippen molar-refractivity contribution in [3.05, 3.63) is 94.1 Å². The lowest BCUT2D eigenvalue weighted by Crippen LogP contribution is -2.30. The topological polar surface area (TPSA) is 51.1 Å². The van der Waals surface area contributed by atoms with E-state index in [1.54, 1.807) is 17.0 Å². The van der Waals surface area contributed by atoms with E-state index in [2.05, 4.69) is 6.92 Å². The molecular weight excluding hydrogens is 487 g/mol. The number of thioether (sulfide) groups is 1. The van der Waals surface area contributed by atoms with Gasteiger partial charge in [0.25, 0.3) is 5.91 Å². The number of hydrogen-bond acceptors (Lipinski definition) is 5. The second-order valence-electron chi connectivity index (χ2n) is 8.71. The summed E-state index contributed by atoms with van der Waals surface area (Å²) in [4.78, 5) is 20.5. The van der Waals surface area contributed by atoms with Gasteiger partial charge in [0.05, 0.1) is 17.2 Å². The molecule has 192 valence electrons. The molecule has 3 aromatic carbocycles. The summed E-state index contributed by atoms with van der Waals surface area (Å²) in [5.74, 6) is 0.852. The minimum atomic E-state index is -0.282. The summed E-state index contributed by atoms with van der Waals surface area (Å²) in [5, 5.41) is 0.692. The normalized spacial score (nSPS) is 15.6. The molecule has 0 aliphatic carbocycles. The quantitative estimate of drug-likeness (QED) is 0.261. The largest absolute Gasteiger partial charge is 0.490 e. The number of benzene rings is 3. The molecule has 0 unspecified atom stereocenters. The van der Waals surface area contributed by atoms with E-state index in [0.717, 1.165) is 35.2 Å². The minimum Gasteiger partial charge on any atom is -0.490 e. The molecule has 5 nitrogen and oxygen atoms in total. The molecule has 1 fully saturated rings.